The van der Waals surface area contributed by atoms with Crippen LogP contribution in [0.3, 0.4) is 0 Å². The Morgan fingerprint density at radius 3 is 0.738 bits per heavy atom. The second-order valence-electron chi connectivity index (χ2n) is 30.9. The molecule has 0 fully saturated rings. The number of rotatable bonds is 83. The van der Waals surface area contributed by atoms with Crippen LogP contribution in [0.25, 0.3) is 0 Å². The lowest BCUT2D eigenvalue weighted by molar-refractivity contribution is -0.161. The fourth-order valence-electron chi connectivity index (χ4n) is 13.0. The molecule has 0 bridgehead atoms. The highest BCUT2D eigenvalue weighted by atomic mass is 31.2. The van der Waals surface area contributed by atoms with Gasteiger partial charge in [-0.1, -0.05) is 395 Å². The van der Waals surface area contributed by atoms with Crippen molar-refractivity contribution in [1.29, 1.82) is 0 Å². The summed E-state index contributed by atoms with van der Waals surface area (Å²) in [4.78, 5) is 73.1. The molecule has 0 amide bonds. The zero-order valence-corrected chi connectivity index (χ0v) is 69.4. The van der Waals surface area contributed by atoms with Crippen molar-refractivity contribution in [3.63, 3.8) is 0 Å². The van der Waals surface area contributed by atoms with Gasteiger partial charge in [0.2, 0.25) is 0 Å². The topological polar surface area (TPSA) is 237 Å². The average molecular weight is 1510 g/mol. The Balaban J connectivity index is 5.24. The van der Waals surface area contributed by atoms with Gasteiger partial charge in [0.1, 0.15) is 19.3 Å². The third-order valence-electron chi connectivity index (χ3n) is 20.1. The summed E-state index contributed by atoms with van der Waals surface area (Å²) in [7, 11) is -9.92. The first-order chi connectivity index (χ1) is 49.9. The van der Waals surface area contributed by atoms with E-state index in [1.165, 1.54) is 263 Å². The van der Waals surface area contributed by atoms with E-state index in [1.54, 1.807) is 0 Å². The van der Waals surface area contributed by atoms with Crippen LogP contribution in [0, 0.1) is 11.8 Å². The SMILES string of the molecule is CCCCCCCCCCCCCCCCCCCCCCC(=O)O[C@H](COC(=O)CCCCCCCCCCCCCCCCCC(C)C)COP(=O)(O)OC[C@@H](O)COP(=O)(O)OC[C@@H](COC(=O)CCCCCCCCCCCCC)OC(=O)CCCCCCCCCCCCC(C)CC. The number of aliphatic hydroxyl groups excluding tert-OH is 1. The van der Waals surface area contributed by atoms with Crippen LogP contribution in [-0.4, -0.2) is 96.7 Å². The van der Waals surface area contributed by atoms with Gasteiger partial charge in [0.05, 0.1) is 26.4 Å². The molecule has 0 saturated carbocycles. The standard InChI is InChI=1S/C84H164O17P2/c1-7-10-12-14-16-18-20-21-22-23-24-25-26-29-33-37-44-50-56-62-68-83(88)100-79(73-95-82(87)67-61-55-49-43-36-32-30-27-28-31-35-40-46-52-58-64-76(4)5)74-98-102(90,91)96-70-78(85)71-97-103(92,93)99-75-80(72-94-81(86)66-60-54-48-42-34-19-17-15-13-11-8-2)101-84(89)69-63-57-51-45-39-38-41-47-53-59-65-77(6)9-3/h76-80,85H,7-75H2,1-6H3,(H,90,91)(H,92,93)/t77?,78-,79-,80-/m1/s1. The Hall–Kier alpha value is -1.94. The van der Waals surface area contributed by atoms with Gasteiger partial charge in [0, 0.05) is 25.7 Å². The number of phosphoric acid groups is 2. The minimum Gasteiger partial charge on any atom is -0.462 e. The largest absolute Gasteiger partial charge is 0.472 e. The normalized spacial score (nSPS) is 14.1. The molecule has 0 aliphatic rings. The van der Waals surface area contributed by atoms with Crippen molar-refractivity contribution in [3.8, 4) is 0 Å². The molecule has 0 heterocycles. The summed E-state index contributed by atoms with van der Waals surface area (Å²) < 4.78 is 68.8. The van der Waals surface area contributed by atoms with E-state index in [0.29, 0.717) is 25.7 Å². The average Bonchev–Trinajstić information content (AvgIpc) is 0.928. The maximum atomic E-state index is 13.1. The molecule has 17 nitrogen and oxygen atoms in total. The molecule has 0 saturated heterocycles. The Morgan fingerprint density at radius 2 is 0.495 bits per heavy atom. The lowest BCUT2D eigenvalue weighted by Gasteiger charge is -2.21. The fourth-order valence-corrected chi connectivity index (χ4v) is 14.6. The van der Waals surface area contributed by atoms with Gasteiger partial charge >= 0.3 is 39.5 Å². The Bertz CT molecular complexity index is 1980. The molecule has 6 atom stereocenters. The maximum Gasteiger partial charge on any atom is 0.472 e. The molecular formula is C84H164O17P2. The Labute approximate surface area is 632 Å². The van der Waals surface area contributed by atoms with Crippen molar-refractivity contribution in [2.24, 2.45) is 11.8 Å². The van der Waals surface area contributed by atoms with E-state index in [4.69, 9.17) is 37.0 Å². The van der Waals surface area contributed by atoms with Crippen molar-refractivity contribution in [2.45, 2.75) is 464 Å². The number of carbonyl (C=O) groups excluding carboxylic acids is 4. The van der Waals surface area contributed by atoms with Crippen molar-refractivity contribution in [2.75, 3.05) is 39.6 Å². The van der Waals surface area contributed by atoms with Gasteiger partial charge in [-0.15, -0.1) is 0 Å². The number of hydrogen-bond donors (Lipinski definition) is 3. The smallest absolute Gasteiger partial charge is 0.462 e. The molecule has 103 heavy (non-hydrogen) atoms. The summed E-state index contributed by atoms with van der Waals surface area (Å²) in [6, 6.07) is 0. The van der Waals surface area contributed by atoms with E-state index in [1.807, 2.05) is 0 Å². The highest BCUT2D eigenvalue weighted by Crippen LogP contribution is 2.45. The number of aliphatic hydroxyl groups is 1. The molecule has 0 rings (SSSR count). The summed E-state index contributed by atoms with van der Waals surface area (Å²) >= 11 is 0. The quantitative estimate of drug-likeness (QED) is 0.0222. The number of esters is 4. The third-order valence-corrected chi connectivity index (χ3v) is 22.0. The zero-order chi connectivity index (χ0) is 75.6. The molecule has 0 spiro atoms. The second-order valence-corrected chi connectivity index (χ2v) is 33.8. The van der Waals surface area contributed by atoms with Crippen molar-refractivity contribution in [1.82, 2.24) is 0 Å². The minimum atomic E-state index is -4.96. The van der Waals surface area contributed by atoms with E-state index in [-0.39, 0.29) is 25.7 Å². The summed E-state index contributed by atoms with van der Waals surface area (Å²) in [5, 5.41) is 10.7. The molecule has 0 aromatic heterocycles. The molecule has 0 aliphatic heterocycles. The van der Waals surface area contributed by atoms with Crippen molar-refractivity contribution < 1.29 is 80.2 Å². The molecule has 0 aromatic carbocycles. The molecule has 612 valence electrons. The molecular weight excluding hydrogens is 1340 g/mol. The Morgan fingerprint density at radius 1 is 0.282 bits per heavy atom. The van der Waals surface area contributed by atoms with Gasteiger partial charge in [0.25, 0.3) is 0 Å². The molecule has 3 unspecified atom stereocenters. The van der Waals surface area contributed by atoms with Crippen LogP contribution in [-0.2, 0) is 65.4 Å². The monoisotopic (exact) mass is 1510 g/mol. The van der Waals surface area contributed by atoms with Gasteiger partial charge in [-0.05, 0) is 37.5 Å². The first kappa shape index (κ1) is 101. The number of phosphoric ester groups is 2. The van der Waals surface area contributed by atoms with Gasteiger partial charge < -0.3 is 33.8 Å². The van der Waals surface area contributed by atoms with E-state index >= 15 is 0 Å². The van der Waals surface area contributed by atoms with Crippen molar-refractivity contribution >= 4 is 39.5 Å². The zero-order valence-electron chi connectivity index (χ0n) is 67.6. The van der Waals surface area contributed by atoms with E-state index in [2.05, 4.69) is 41.5 Å². The molecule has 0 radical (unpaired) electrons. The van der Waals surface area contributed by atoms with E-state index in [9.17, 15) is 43.2 Å². The first-order valence-corrected chi connectivity index (χ1v) is 46.5. The van der Waals surface area contributed by atoms with Crippen LogP contribution in [0.4, 0.5) is 0 Å². The van der Waals surface area contributed by atoms with Gasteiger partial charge in [-0.3, -0.25) is 37.3 Å². The van der Waals surface area contributed by atoms with E-state index < -0.39 is 97.5 Å². The number of hydrogen-bond acceptors (Lipinski definition) is 15. The van der Waals surface area contributed by atoms with Gasteiger partial charge in [-0.25, -0.2) is 9.13 Å². The summed E-state index contributed by atoms with van der Waals surface area (Å²) in [5.41, 5.74) is 0. The minimum absolute atomic E-state index is 0.107. The van der Waals surface area contributed by atoms with Crippen LogP contribution in [0.2, 0.25) is 0 Å². The number of unbranched alkanes of at least 4 members (excludes halogenated alkanes) is 52. The molecule has 19 heteroatoms. The Kier molecular flexibility index (Phi) is 74.1. The van der Waals surface area contributed by atoms with E-state index in [0.717, 1.165) is 102 Å². The van der Waals surface area contributed by atoms with Crippen LogP contribution < -0.4 is 0 Å². The summed E-state index contributed by atoms with van der Waals surface area (Å²) in [5.74, 6) is -0.495. The third kappa shape index (κ3) is 76.6. The second kappa shape index (κ2) is 75.5. The predicted molar refractivity (Wildman–Crippen MR) is 423 cm³/mol. The molecule has 3 N–H and O–H groups in total. The lowest BCUT2D eigenvalue weighted by atomic mass is 9.99. The van der Waals surface area contributed by atoms with Crippen LogP contribution >= 0.6 is 15.6 Å². The highest BCUT2D eigenvalue weighted by molar-refractivity contribution is 7.47. The highest BCUT2D eigenvalue weighted by Gasteiger charge is 2.30. The maximum absolute atomic E-state index is 13.1. The predicted octanol–water partition coefficient (Wildman–Crippen LogP) is 25.5. The van der Waals surface area contributed by atoms with Crippen molar-refractivity contribution in [3.05, 3.63) is 0 Å². The molecule has 0 aliphatic carbocycles. The number of carbonyl (C=O) groups is 4. The number of ether oxygens (including phenoxy) is 4. The lowest BCUT2D eigenvalue weighted by Crippen LogP contribution is -2.30. The fraction of sp³-hybridized carbons (Fsp3) is 0.952. The van der Waals surface area contributed by atoms with Gasteiger partial charge in [-0.2, -0.15) is 0 Å². The van der Waals surface area contributed by atoms with Crippen LogP contribution in [0.1, 0.15) is 446 Å². The molecule has 0 aromatic rings. The summed E-state index contributed by atoms with van der Waals surface area (Å²) in [6.07, 6.45) is 66.5. The van der Waals surface area contributed by atoms with Crippen LogP contribution in [0.15, 0.2) is 0 Å². The van der Waals surface area contributed by atoms with Gasteiger partial charge in [0.15, 0.2) is 12.2 Å². The summed E-state index contributed by atoms with van der Waals surface area (Å²) in [6.45, 7) is 9.71. The first-order valence-electron chi connectivity index (χ1n) is 43.5. The van der Waals surface area contributed by atoms with Crippen LogP contribution in [0.5, 0.6) is 0 Å².